The molecule has 18 heavy (non-hydrogen) atoms. The van der Waals surface area contributed by atoms with E-state index < -0.39 is 6.10 Å². The fraction of sp³-hybridized carbons (Fsp3) is 0.600. The Balaban J connectivity index is 2.29. The van der Waals surface area contributed by atoms with Crippen LogP contribution >= 0.6 is 0 Å². The van der Waals surface area contributed by atoms with Gasteiger partial charge in [-0.1, -0.05) is 19.4 Å². The lowest BCUT2D eigenvalue weighted by atomic mass is 9.94. The van der Waals surface area contributed by atoms with Crippen molar-refractivity contribution in [1.29, 1.82) is 0 Å². The van der Waals surface area contributed by atoms with Crippen molar-refractivity contribution in [2.24, 2.45) is 5.92 Å². The van der Waals surface area contributed by atoms with Crippen molar-refractivity contribution in [3.05, 3.63) is 29.6 Å². The summed E-state index contributed by atoms with van der Waals surface area (Å²) in [4.78, 5) is 2.22. The Labute approximate surface area is 108 Å². The van der Waals surface area contributed by atoms with E-state index in [-0.39, 0.29) is 5.82 Å². The van der Waals surface area contributed by atoms with Gasteiger partial charge in [-0.3, -0.25) is 0 Å². The Morgan fingerprint density at radius 2 is 2.28 bits per heavy atom. The molecule has 0 radical (unpaired) electrons. The van der Waals surface area contributed by atoms with Gasteiger partial charge in [-0.2, -0.15) is 0 Å². The SMILES string of the molecule is CCC1CCCN(c2cccc(F)c2C(C)O)C1. The van der Waals surface area contributed by atoms with Gasteiger partial charge in [-0.25, -0.2) is 4.39 Å². The van der Waals surface area contributed by atoms with Gasteiger partial charge in [0.1, 0.15) is 5.82 Å². The number of aliphatic hydroxyl groups excluding tert-OH is 1. The van der Waals surface area contributed by atoms with Crippen molar-refractivity contribution in [3.8, 4) is 0 Å². The van der Waals surface area contributed by atoms with Crippen molar-refractivity contribution >= 4 is 5.69 Å². The molecule has 2 atom stereocenters. The van der Waals surface area contributed by atoms with E-state index in [4.69, 9.17) is 0 Å². The first-order chi connectivity index (χ1) is 8.63. The van der Waals surface area contributed by atoms with E-state index in [1.165, 1.54) is 12.5 Å². The van der Waals surface area contributed by atoms with Gasteiger partial charge < -0.3 is 10.0 Å². The van der Waals surface area contributed by atoms with Gasteiger partial charge in [0.15, 0.2) is 0 Å². The third-order valence-electron chi connectivity index (χ3n) is 3.88. The quantitative estimate of drug-likeness (QED) is 0.888. The van der Waals surface area contributed by atoms with Gasteiger partial charge in [-0.05, 0) is 37.8 Å². The summed E-state index contributed by atoms with van der Waals surface area (Å²) in [6, 6.07) is 5.07. The average molecular weight is 251 g/mol. The molecule has 1 aliphatic rings. The zero-order valence-electron chi connectivity index (χ0n) is 11.2. The standard InChI is InChI=1S/C15H22FNO/c1-3-12-6-5-9-17(10-12)14-8-4-7-13(16)15(14)11(2)18/h4,7-8,11-12,18H,3,5-6,9-10H2,1-2H3. The number of hydrogen-bond donors (Lipinski definition) is 1. The minimum atomic E-state index is -0.761. The summed E-state index contributed by atoms with van der Waals surface area (Å²) in [5, 5.41) is 9.77. The molecule has 2 unspecified atom stereocenters. The number of anilines is 1. The Kier molecular flexibility index (Phi) is 4.23. The Bertz CT molecular complexity index is 405. The van der Waals surface area contributed by atoms with E-state index >= 15 is 0 Å². The summed E-state index contributed by atoms with van der Waals surface area (Å²) < 4.78 is 13.8. The number of benzene rings is 1. The van der Waals surface area contributed by atoms with Crippen molar-refractivity contribution in [2.75, 3.05) is 18.0 Å². The second-order valence-corrected chi connectivity index (χ2v) is 5.21. The molecule has 1 aromatic carbocycles. The minimum Gasteiger partial charge on any atom is -0.389 e. The third-order valence-corrected chi connectivity index (χ3v) is 3.88. The molecule has 1 aliphatic heterocycles. The summed E-state index contributed by atoms with van der Waals surface area (Å²) in [6.07, 6.45) is 2.80. The van der Waals surface area contributed by atoms with E-state index in [0.29, 0.717) is 11.5 Å². The Morgan fingerprint density at radius 3 is 2.94 bits per heavy atom. The largest absolute Gasteiger partial charge is 0.389 e. The van der Waals surface area contributed by atoms with Crippen LogP contribution in [-0.4, -0.2) is 18.2 Å². The normalized spacial score (nSPS) is 22.0. The molecule has 0 bridgehead atoms. The third kappa shape index (κ3) is 2.66. The Morgan fingerprint density at radius 1 is 1.50 bits per heavy atom. The molecular formula is C15H22FNO. The minimum absolute atomic E-state index is 0.305. The van der Waals surface area contributed by atoms with Crippen LogP contribution in [0.4, 0.5) is 10.1 Å². The fourth-order valence-electron chi connectivity index (χ4n) is 2.83. The first kappa shape index (κ1) is 13.3. The monoisotopic (exact) mass is 251 g/mol. The number of halogens is 1. The van der Waals surface area contributed by atoms with Crippen LogP contribution in [0.3, 0.4) is 0 Å². The van der Waals surface area contributed by atoms with Crippen LogP contribution in [0.5, 0.6) is 0 Å². The number of rotatable bonds is 3. The molecule has 2 rings (SSSR count). The van der Waals surface area contributed by atoms with Crippen molar-refractivity contribution in [1.82, 2.24) is 0 Å². The second kappa shape index (κ2) is 5.70. The van der Waals surface area contributed by atoms with Crippen LogP contribution in [0.2, 0.25) is 0 Å². The topological polar surface area (TPSA) is 23.5 Å². The van der Waals surface area contributed by atoms with Crippen LogP contribution in [0.1, 0.15) is 44.8 Å². The first-order valence-corrected chi connectivity index (χ1v) is 6.85. The smallest absolute Gasteiger partial charge is 0.131 e. The van der Waals surface area contributed by atoms with Crippen molar-refractivity contribution in [2.45, 2.75) is 39.2 Å². The number of hydrogen-bond acceptors (Lipinski definition) is 2. The second-order valence-electron chi connectivity index (χ2n) is 5.21. The Hall–Kier alpha value is -1.09. The van der Waals surface area contributed by atoms with Crippen LogP contribution in [-0.2, 0) is 0 Å². The molecule has 1 N–H and O–H groups in total. The van der Waals surface area contributed by atoms with E-state index in [2.05, 4.69) is 11.8 Å². The maximum absolute atomic E-state index is 13.8. The lowest BCUT2D eigenvalue weighted by Crippen LogP contribution is -2.36. The van der Waals surface area contributed by atoms with Crippen molar-refractivity contribution in [3.63, 3.8) is 0 Å². The van der Waals surface area contributed by atoms with Crippen LogP contribution in [0.15, 0.2) is 18.2 Å². The maximum Gasteiger partial charge on any atom is 0.131 e. The molecule has 0 spiro atoms. The zero-order valence-corrected chi connectivity index (χ0v) is 11.2. The summed E-state index contributed by atoms with van der Waals surface area (Å²) in [5.74, 6) is 0.380. The van der Waals surface area contributed by atoms with Gasteiger partial charge in [0.25, 0.3) is 0 Å². The molecule has 0 saturated carbocycles. The van der Waals surface area contributed by atoms with E-state index in [1.54, 1.807) is 13.0 Å². The number of piperidine rings is 1. The van der Waals surface area contributed by atoms with Gasteiger partial charge in [-0.15, -0.1) is 0 Å². The van der Waals surface area contributed by atoms with E-state index in [0.717, 1.165) is 31.6 Å². The van der Waals surface area contributed by atoms with Gasteiger partial charge in [0, 0.05) is 24.3 Å². The summed E-state index contributed by atoms with van der Waals surface area (Å²) in [5.41, 5.74) is 1.30. The fourth-order valence-corrected chi connectivity index (χ4v) is 2.83. The molecule has 3 heteroatoms. The van der Waals surface area contributed by atoms with Crippen molar-refractivity contribution < 1.29 is 9.50 Å². The average Bonchev–Trinajstić information content (AvgIpc) is 2.38. The molecule has 1 heterocycles. The predicted octanol–water partition coefficient (Wildman–Crippen LogP) is 3.51. The summed E-state index contributed by atoms with van der Waals surface area (Å²) in [6.45, 7) is 5.76. The number of nitrogens with zero attached hydrogens (tertiary/aromatic N) is 1. The maximum atomic E-state index is 13.8. The molecule has 0 aliphatic carbocycles. The van der Waals surface area contributed by atoms with E-state index in [9.17, 15) is 9.50 Å². The van der Waals surface area contributed by atoms with Gasteiger partial charge in [0.05, 0.1) is 6.10 Å². The number of aliphatic hydroxyl groups is 1. The lowest BCUT2D eigenvalue weighted by molar-refractivity contribution is 0.194. The van der Waals surface area contributed by atoms with Gasteiger partial charge >= 0.3 is 0 Å². The van der Waals surface area contributed by atoms with Crippen LogP contribution in [0, 0.1) is 11.7 Å². The highest BCUT2D eigenvalue weighted by Crippen LogP contribution is 2.32. The highest BCUT2D eigenvalue weighted by molar-refractivity contribution is 5.55. The highest BCUT2D eigenvalue weighted by Gasteiger charge is 2.23. The molecule has 1 fully saturated rings. The zero-order chi connectivity index (χ0) is 13.1. The molecule has 0 amide bonds. The predicted molar refractivity (Wildman–Crippen MR) is 72.3 cm³/mol. The summed E-state index contributed by atoms with van der Waals surface area (Å²) >= 11 is 0. The molecule has 100 valence electrons. The van der Waals surface area contributed by atoms with Crippen LogP contribution < -0.4 is 4.90 Å². The first-order valence-electron chi connectivity index (χ1n) is 6.85. The van der Waals surface area contributed by atoms with Crippen LogP contribution in [0.25, 0.3) is 0 Å². The molecule has 2 nitrogen and oxygen atoms in total. The highest BCUT2D eigenvalue weighted by atomic mass is 19.1. The summed E-state index contributed by atoms with van der Waals surface area (Å²) in [7, 11) is 0. The molecular weight excluding hydrogens is 229 g/mol. The van der Waals surface area contributed by atoms with Gasteiger partial charge in [0.2, 0.25) is 0 Å². The lowest BCUT2D eigenvalue weighted by Gasteiger charge is -2.35. The molecule has 1 aromatic rings. The molecule has 0 aromatic heterocycles. The molecule has 1 saturated heterocycles. The van der Waals surface area contributed by atoms with E-state index in [1.807, 2.05) is 6.07 Å².